The third-order valence-electron chi connectivity index (χ3n) is 7.38. The van der Waals surface area contributed by atoms with Crippen LogP contribution in [-0.4, -0.2) is 54.2 Å². The van der Waals surface area contributed by atoms with Crippen LogP contribution in [0.2, 0.25) is 0 Å². The van der Waals surface area contributed by atoms with E-state index in [9.17, 15) is 22.0 Å². The predicted octanol–water partition coefficient (Wildman–Crippen LogP) is 4.55. The molecule has 1 aliphatic heterocycles. The van der Waals surface area contributed by atoms with Crippen molar-refractivity contribution in [2.75, 3.05) is 18.1 Å². The number of anilines is 1. The predicted molar refractivity (Wildman–Crippen MR) is 151 cm³/mol. The van der Waals surface area contributed by atoms with E-state index in [1.165, 1.54) is 22.9 Å². The number of sulfonamides is 1. The van der Waals surface area contributed by atoms with E-state index in [0.717, 1.165) is 6.42 Å². The second-order valence-corrected chi connectivity index (χ2v) is 12.8. The minimum atomic E-state index is -4.10. The molecule has 13 heteroatoms. The highest BCUT2D eigenvalue weighted by atomic mass is 32.2. The standard InChI is InChI=1S/C27H31F2N5O4S.H2S/c1-18-15-26(2,3)33(16-18)23-20(24(35)32-39(36,37)19-7-5-4-6-8-19)9-10-21(30-23)34-14-11-22(31-34)38-17-27(12-13-27)25(28)29;/h4-11,14,18,25H,12-13,15-17H2,1-3H3,(H,32,35);1H2/t18-;/m0./s1. The van der Waals surface area contributed by atoms with Crippen LogP contribution < -0.4 is 14.4 Å². The molecule has 9 nitrogen and oxygen atoms in total. The van der Waals surface area contributed by atoms with Gasteiger partial charge in [-0.2, -0.15) is 13.5 Å². The number of benzene rings is 1. The molecule has 0 spiro atoms. The summed E-state index contributed by atoms with van der Waals surface area (Å²) in [5.74, 6) is 0.414. The lowest BCUT2D eigenvalue weighted by Gasteiger charge is -2.34. The Morgan fingerprint density at radius 2 is 1.85 bits per heavy atom. The van der Waals surface area contributed by atoms with E-state index in [0.29, 0.717) is 36.9 Å². The molecule has 1 atom stereocenters. The Kier molecular flexibility index (Phi) is 8.19. The summed E-state index contributed by atoms with van der Waals surface area (Å²) in [6, 6.07) is 12.3. The summed E-state index contributed by atoms with van der Waals surface area (Å²) in [7, 11) is -4.10. The number of carbonyl (C=O) groups excluding carboxylic acids is 1. The molecule has 0 unspecified atom stereocenters. The van der Waals surface area contributed by atoms with Gasteiger partial charge >= 0.3 is 0 Å². The molecular formula is C27H33F2N5O4S2. The largest absolute Gasteiger partial charge is 0.476 e. The average Bonchev–Trinajstić information content (AvgIpc) is 3.45. The van der Waals surface area contributed by atoms with Crippen molar-refractivity contribution in [1.82, 2.24) is 19.5 Å². The van der Waals surface area contributed by atoms with Gasteiger partial charge in [-0.25, -0.2) is 31.6 Å². The first-order chi connectivity index (χ1) is 18.4. The van der Waals surface area contributed by atoms with E-state index in [1.54, 1.807) is 36.5 Å². The van der Waals surface area contributed by atoms with Gasteiger partial charge in [0.1, 0.15) is 12.4 Å². The van der Waals surface area contributed by atoms with Crippen molar-refractivity contribution in [3.8, 4) is 11.7 Å². The molecule has 0 radical (unpaired) electrons. The molecule has 2 aliphatic rings. The summed E-state index contributed by atoms with van der Waals surface area (Å²) < 4.78 is 61.4. The Morgan fingerprint density at radius 3 is 2.45 bits per heavy atom. The van der Waals surface area contributed by atoms with Crippen LogP contribution in [0, 0.1) is 11.3 Å². The zero-order valence-corrected chi connectivity index (χ0v) is 24.3. The summed E-state index contributed by atoms with van der Waals surface area (Å²) in [6.07, 6.45) is 0.849. The first-order valence-corrected chi connectivity index (χ1v) is 14.3. The van der Waals surface area contributed by atoms with Crippen molar-refractivity contribution in [3.63, 3.8) is 0 Å². The fourth-order valence-electron chi connectivity index (χ4n) is 5.06. The Hall–Kier alpha value is -3.19. The maximum Gasteiger partial charge on any atom is 0.268 e. The maximum atomic E-state index is 13.3. The van der Waals surface area contributed by atoms with Crippen molar-refractivity contribution < 1.29 is 26.7 Å². The molecule has 1 amide bonds. The fraction of sp³-hybridized carbons (Fsp3) is 0.444. The summed E-state index contributed by atoms with van der Waals surface area (Å²) in [5.41, 5.74) is -1.33. The number of alkyl halides is 2. The van der Waals surface area contributed by atoms with Crippen molar-refractivity contribution in [2.45, 2.75) is 56.9 Å². The molecule has 1 aliphatic carbocycles. The van der Waals surface area contributed by atoms with E-state index in [2.05, 4.69) is 16.7 Å². The van der Waals surface area contributed by atoms with Crippen molar-refractivity contribution >= 4 is 35.2 Å². The first kappa shape index (κ1) is 29.8. The molecule has 1 N–H and O–H groups in total. The number of nitrogens with one attached hydrogen (secondary N) is 1. The van der Waals surface area contributed by atoms with Crippen molar-refractivity contribution in [2.24, 2.45) is 11.3 Å². The molecular weight excluding hydrogens is 560 g/mol. The second-order valence-electron chi connectivity index (χ2n) is 11.1. The van der Waals surface area contributed by atoms with E-state index in [-0.39, 0.29) is 42.0 Å². The minimum Gasteiger partial charge on any atom is -0.476 e. The van der Waals surface area contributed by atoms with Crippen LogP contribution in [0.15, 0.2) is 59.6 Å². The third-order valence-corrected chi connectivity index (χ3v) is 8.72. The average molecular weight is 594 g/mol. The number of amides is 1. The molecule has 40 heavy (non-hydrogen) atoms. The lowest BCUT2D eigenvalue weighted by atomic mass is 9.97. The number of aromatic nitrogens is 3. The molecule has 3 aromatic rings. The number of carbonyl (C=O) groups is 1. The first-order valence-electron chi connectivity index (χ1n) is 12.8. The van der Waals surface area contributed by atoms with Crippen LogP contribution in [0.1, 0.15) is 50.4 Å². The summed E-state index contributed by atoms with van der Waals surface area (Å²) in [5, 5.41) is 4.34. The lowest BCUT2D eigenvalue weighted by molar-refractivity contribution is 0.0304. The third kappa shape index (κ3) is 5.95. The number of rotatable bonds is 9. The Labute approximate surface area is 239 Å². The van der Waals surface area contributed by atoms with E-state index in [1.807, 2.05) is 18.7 Å². The lowest BCUT2D eigenvalue weighted by Crippen LogP contribution is -2.41. The molecule has 2 aromatic heterocycles. The smallest absolute Gasteiger partial charge is 0.268 e. The monoisotopic (exact) mass is 593 g/mol. The van der Waals surface area contributed by atoms with Crippen LogP contribution in [0.5, 0.6) is 5.88 Å². The number of pyridine rings is 1. The van der Waals surface area contributed by atoms with Gasteiger partial charge < -0.3 is 9.64 Å². The highest BCUT2D eigenvalue weighted by Crippen LogP contribution is 2.50. The SMILES string of the molecule is C[C@@H]1CN(c2nc(-n3ccc(OCC4(C(F)F)CC4)n3)ccc2C(=O)NS(=O)(=O)c2ccccc2)C(C)(C)C1.S. The topological polar surface area (TPSA) is 106 Å². The van der Waals surface area contributed by atoms with Crippen molar-refractivity contribution in [3.05, 3.63) is 60.3 Å². The minimum absolute atomic E-state index is 0. The molecule has 0 bridgehead atoms. The van der Waals surface area contributed by atoms with Crippen LogP contribution >= 0.6 is 13.5 Å². The van der Waals surface area contributed by atoms with Crippen LogP contribution in [0.3, 0.4) is 0 Å². The number of hydrogen-bond acceptors (Lipinski definition) is 7. The summed E-state index contributed by atoms with van der Waals surface area (Å²) >= 11 is 0. The van der Waals surface area contributed by atoms with Gasteiger partial charge in [-0.1, -0.05) is 25.1 Å². The molecule has 1 aromatic carbocycles. The van der Waals surface area contributed by atoms with Crippen LogP contribution in [-0.2, 0) is 10.0 Å². The van der Waals surface area contributed by atoms with E-state index >= 15 is 0 Å². The highest BCUT2D eigenvalue weighted by Gasteiger charge is 2.52. The number of ether oxygens (including phenoxy) is 1. The molecule has 1 saturated carbocycles. The van der Waals surface area contributed by atoms with E-state index < -0.39 is 27.8 Å². The molecule has 1 saturated heterocycles. The Balaban J connectivity index is 0.00000370. The second kappa shape index (κ2) is 11.0. The summed E-state index contributed by atoms with van der Waals surface area (Å²) in [4.78, 5) is 20.1. The van der Waals surface area contributed by atoms with Gasteiger partial charge in [-0.05, 0) is 63.3 Å². The number of nitrogens with zero attached hydrogens (tertiary/aromatic N) is 4. The van der Waals surface area contributed by atoms with Crippen LogP contribution in [0.4, 0.5) is 14.6 Å². The van der Waals surface area contributed by atoms with Gasteiger partial charge in [-0.3, -0.25) is 4.79 Å². The summed E-state index contributed by atoms with van der Waals surface area (Å²) in [6.45, 7) is 6.70. The fourth-order valence-corrected chi connectivity index (χ4v) is 6.05. The molecule has 2 fully saturated rings. The molecule has 3 heterocycles. The Morgan fingerprint density at radius 1 is 1.15 bits per heavy atom. The molecule has 216 valence electrons. The van der Waals surface area contributed by atoms with E-state index in [4.69, 9.17) is 9.72 Å². The highest BCUT2D eigenvalue weighted by molar-refractivity contribution is 7.90. The zero-order valence-electron chi connectivity index (χ0n) is 22.5. The quantitative estimate of drug-likeness (QED) is 0.388. The zero-order chi connectivity index (χ0) is 28.0. The van der Waals surface area contributed by atoms with Crippen molar-refractivity contribution in [1.29, 1.82) is 0 Å². The molecule has 5 rings (SSSR count). The van der Waals surface area contributed by atoms with Gasteiger partial charge in [-0.15, -0.1) is 5.10 Å². The van der Waals surface area contributed by atoms with Crippen LogP contribution in [0.25, 0.3) is 5.82 Å². The van der Waals surface area contributed by atoms with Gasteiger partial charge in [0.25, 0.3) is 15.9 Å². The Bertz CT molecular complexity index is 1480. The maximum absolute atomic E-state index is 13.3. The van der Waals surface area contributed by atoms with Gasteiger partial charge in [0.15, 0.2) is 5.82 Å². The number of hydrogen-bond donors (Lipinski definition) is 1. The normalized spacial score (nSPS) is 19.2. The van der Waals surface area contributed by atoms with Gasteiger partial charge in [0, 0.05) is 24.3 Å². The van der Waals surface area contributed by atoms with Gasteiger partial charge in [0.2, 0.25) is 12.3 Å². The van der Waals surface area contributed by atoms with Gasteiger partial charge in [0.05, 0.1) is 15.9 Å². The number of halogens is 2.